The highest BCUT2D eigenvalue weighted by Crippen LogP contribution is 1.82. The third-order valence-corrected chi connectivity index (χ3v) is 0.484. The summed E-state index contributed by atoms with van der Waals surface area (Å²) in [5.74, 6) is 0. The highest BCUT2D eigenvalue weighted by atomic mass is 16.4. The van der Waals surface area contributed by atoms with Crippen LogP contribution in [0.5, 0.6) is 0 Å². The van der Waals surface area contributed by atoms with Crippen LogP contribution in [-0.4, -0.2) is 11.2 Å². The fourth-order valence-corrected chi connectivity index (χ4v) is 0.206. The molecule has 3 heteroatoms. The van der Waals surface area contributed by atoms with Crippen LogP contribution in [0.3, 0.4) is 0 Å². The van der Waals surface area contributed by atoms with Crippen molar-refractivity contribution in [1.82, 2.24) is 5.32 Å². The van der Waals surface area contributed by atoms with Crippen molar-refractivity contribution in [2.75, 3.05) is 0 Å². The van der Waals surface area contributed by atoms with Crippen LogP contribution in [0.25, 0.3) is 0 Å². The van der Waals surface area contributed by atoms with E-state index in [0.717, 1.165) is 5.57 Å². The van der Waals surface area contributed by atoms with E-state index in [1.165, 1.54) is 6.20 Å². The van der Waals surface area contributed by atoms with E-state index in [4.69, 9.17) is 5.11 Å². The lowest BCUT2D eigenvalue weighted by Crippen LogP contribution is -2.13. The maximum atomic E-state index is 9.75. The number of hydrogen-bond donors (Lipinski definition) is 2. The van der Waals surface area contributed by atoms with Gasteiger partial charge in [0.05, 0.1) is 0 Å². The van der Waals surface area contributed by atoms with Crippen molar-refractivity contribution in [3.05, 3.63) is 11.8 Å². The van der Waals surface area contributed by atoms with Gasteiger partial charge in [0.25, 0.3) is 0 Å². The van der Waals surface area contributed by atoms with Crippen molar-refractivity contribution >= 4 is 6.09 Å². The largest absolute Gasteiger partial charge is 0.465 e. The van der Waals surface area contributed by atoms with Gasteiger partial charge in [0.2, 0.25) is 0 Å². The van der Waals surface area contributed by atoms with Gasteiger partial charge in [0, 0.05) is 6.20 Å². The average Bonchev–Trinajstić information content (AvgIpc) is 1.61. The van der Waals surface area contributed by atoms with Gasteiger partial charge in [-0.05, 0) is 13.8 Å². The Bertz CT molecular complexity index is 114. The molecule has 0 atom stereocenters. The first kappa shape index (κ1) is 7.01. The van der Waals surface area contributed by atoms with Crippen molar-refractivity contribution in [1.29, 1.82) is 0 Å². The minimum absolute atomic E-state index is 0.937. The summed E-state index contributed by atoms with van der Waals surface area (Å²) in [7, 11) is 0. The second-order valence-corrected chi connectivity index (χ2v) is 1.67. The van der Waals surface area contributed by atoms with Gasteiger partial charge in [-0.15, -0.1) is 0 Å². The van der Waals surface area contributed by atoms with E-state index in [1.54, 1.807) is 0 Å². The summed E-state index contributed by atoms with van der Waals surface area (Å²) in [4.78, 5) is 9.75. The maximum Gasteiger partial charge on any atom is 0.408 e. The maximum absolute atomic E-state index is 9.75. The number of rotatable bonds is 1. The van der Waals surface area contributed by atoms with Crippen LogP contribution in [0.2, 0.25) is 0 Å². The van der Waals surface area contributed by atoms with Gasteiger partial charge < -0.3 is 5.11 Å². The van der Waals surface area contributed by atoms with Gasteiger partial charge in [-0.25, -0.2) is 4.79 Å². The van der Waals surface area contributed by atoms with Crippen molar-refractivity contribution in [2.24, 2.45) is 0 Å². The first-order chi connectivity index (χ1) is 3.63. The molecule has 0 saturated carbocycles. The summed E-state index contributed by atoms with van der Waals surface area (Å²) in [5, 5.41) is 10.1. The van der Waals surface area contributed by atoms with Crippen LogP contribution in [0.4, 0.5) is 4.79 Å². The van der Waals surface area contributed by atoms with Crippen LogP contribution in [0.1, 0.15) is 13.8 Å². The van der Waals surface area contributed by atoms with E-state index >= 15 is 0 Å². The van der Waals surface area contributed by atoms with E-state index in [1.807, 2.05) is 13.8 Å². The van der Waals surface area contributed by atoms with E-state index in [9.17, 15) is 4.79 Å². The van der Waals surface area contributed by atoms with Gasteiger partial charge in [0.15, 0.2) is 0 Å². The standard InChI is InChI=1S/C5H9NO2/c1-4(2)3-6-5(7)8/h3,6H,1-2H3,(H,7,8). The Morgan fingerprint density at radius 2 is 2.12 bits per heavy atom. The number of amides is 1. The molecule has 0 heterocycles. The Balaban J connectivity index is 3.45. The Morgan fingerprint density at radius 3 is 2.25 bits per heavy atom. The molecule has 0 aliphatic heterocycles. The SMILES string of the molecule is CC(C)=CNC(=O)O. The van der Waals surface area contributed by atoms with Crippen LogP contribution in [0.15, 0.2) is 11.8 Å². The monoisotopic (exact) mass is 115 g/mol. The summed E-state index contributed by atoms with van der Waals surface area (Å²) in [5.41, 5.74) is 0.937. The molecule has 0 aromatic carbocycles. The topological polar surface area (TPSA) is 49.3 Å². The third kappa shape index (κ3) is 5.01. The molecular formula is C5H9NO2. The molecule has 0 saturated heterocycles. The smallest absolute Gasteiger partial charge is 0.408 e. The molecular weight excluding hydrogens is 106 g/mol. The summed E-state index contributed by atoms with van der Waals surface area (Å²) >= 11 is 0. The summed E-state index contributed by atoms with van der Waals surface area (Å²) in [6.45, 7) is 3.63. The lowest BCUT2D eigenvalue weighted by atomic mass is 10.4. The number of hydrogen-bond acceptors (Lipinski definition) is 1. The minimum atomic E-state index is -1.02. The van der Waals surface area contributed by atoms with E-state index < -0.39 is 6.09 Å². The van der Waals surface area contributed by atoms with E-state index in [0.29, 0.717) is 0 Å². The van der Waals surface area contributed by atoms with Gasteiger partial charge in [-0.2, -0.15) is 0 Å². The van der Waals surface area contributed by atoms with Crippen molar-refractivity contribution in [2.45, 2.75) is 13.8 Å². The molecule has 2 N–H and O–H groups in total. The molecule has 46 valence electrons. The Morgan fingerprint density at radius 1 is 1.62 bits per heavy atom. The number of nitrogens with one attached hydrogen (secondary N) is 1. The first-order valence-electron chi connectivity index (χ1n) is 2.26. The zero-order valence-electron chi connectivity index (χ0n) is 4.93. The molecule has 0 aliphatic rings. The molecule has 0 fully saturated rings. The van der Waals surface area contributed by atoms with E-state index in [-0.39, 0.29) is 0 Å². The highest BCUT2D eigenvalue weighted by molar-refractivity contribution is 5.65. The zero-order valence-corrected chi connectivity index (χ0v) is 4.93. The second-order valence-electron chi connectivity index (χ2n) is 1.67. The van der Waals surface area contributed by atoms with Gasteiger partial charge >= 0.3 is 6.09 Å². The molecule has 0 bridgehead atoms. The quantitative estimate of drug-likeness (QED) is 0.539. The van der Waals surface area contributed by atoms with Crippen LogP contribution >= 0.6 is 0 Å². The third-order valence-electron chi connectivity index (χ3n) is 0.484. The molecule has 0 radical (unpaired) electrons. The normalized spacial score (nSPS) is 7.75. The molecule has 3 nitrogen and oxygen atoms in total. The molecule has 0 unspecified atom stereocenters. The Hall–Kier alpha value is -0.990. The molecule has 8 heavy (non-hydrogen) atoms. The predicted octanol–water partition coefficient (Wildman–Crippen LogP) is 1.18. The Labute approximate surface area is 48.0 Å². The minimum Gasteiger partial charge on any atom is -0.465 e. The highest BCUT2D eigenvalue weighted by Gasteiger charge is 1.84. The Kier molecular flexibility index (Phi) is 2.69. The van der Waals surface area contributed by atoms with Crippen LogP contribution < -0.4 is 5.32 Å². The molecule has 0 aromatic rings. The van der Waals surface area contributed by atoms with Gasteiger partial charge in [-0.1, -0.05) is 5.57 Å². The van der Waals surface area contributed by atoms with E-state index in [2.05, 4.69) is 5.32 Å². The lowest BCUT2D eigenvalue weighted by Gasteiger charge is -1.89. The first-order valence-corrected chi connectivity index (χ1v) is 2.26. The molecule has 0 rings (SSSR count). The average molecular weight is 115 g/mol. The molecule has 1 amide bonds. The molecule has 0 aromatic heterocycles. The van der Waals surface area contributed by atoms with Crippen LogP contribution in [-0.2, 0) is 0 Å². The van der Waals surface area contributed by atoms with Gasteiger partial charge in [0.1, 0.15) is 0 Å². The number of carbonyl (C=O) groups is 1. The van der Waals surface area contributed by atoms with Crippen molar-refractivity contribution in [3.63, 3.8) is 0 Å². The number of allylic oxidation sites excluding steroid dienone is 1. The van der Waals surface area contributed by atoms with Crippen molar-refractivity contribution in [3.8, 4) is 0 Å². The molecule has 0 spiro atoms. The molecule has 0 aliphatic carbocycles. The summed E-state index contributed by atoms with van der Waals surface area (Å²) in [6, 6.07) is 0. The fourth-order valence-electron chi connectivity index (χ4n) is 0.206. The summed E-state index contributed by atoms with van der Waals surface area (Å²) in [6.07, 6.45) is 0.411. The lowest BCUT2D eigenvalue weighted by molar-refractivity contribution is 0.198. The fraction of sp³-hybridized carbons (Fsp3) is 0.400. The zero-order chi connectivity index (χ0) is 6.57. The van der Waals surface area contributed by atoms with Crippen molar-refractivity contribution < 1.29 is 9.90 Å². The predicted molar refractivity (Wildman–Crippen MR) is 30.6 cm³/mol. The second kappa shape index (κ2) is 3.07. The summed E-state index contributed by atoms with van der Waals surface area (Å²) < 4.78 is 0. The number of carboxylic acid groups (broad SMARTS) is 1. The van der Waals surface area contributed by atoms with Gasteiger partial charge in [-0.3, -0.25) is 5.32 Å². The van der Waals surface area contributed by atoms with Crippen LogP contribution in [0, 0.1) is 0 Å².